The number of ether oxygens (including phenoxy) is 1. The average molecular weight is 541 g/mol. The maximum absolute atomic E-state index is 13.8. The van der Waals surface area contributed by atoms with Crippen molar-refractivity contribution >= 4 is 29.1 Å². The number of hydrogen-bond donors (Lipinski definition) is 0. The molecule has 40 heavy (non-hydrogen) atoms. The molecule has 2 fully saturated rings. The zero-order valence-corrected chi connectivity index (χ0v) is 23.5. The van der Waals surface area contributed by atoms with Crippen LogP contribution < -0.4 is 14.5 Å². The van der Waals surface area contributed by atoms with Crippen LogP contribution in [0.4, 0.5) is 11.5 Å². The van der Waals surface area contributed by atoms with E-state index in [4.69, 9.17) is 4.74 Å². The Hall–Kier alpha value is -4.20. The van der Waals surface area contributed by atoms with Crippen LogP contribution in [0.15, 0.2) is 54.7 Å². The van der Waals surface area contributed by atoms with Crippen molar-refractivity contribution in [3.05, 3.63) is 82.5 Å². The zero-order chi connectivity index (χ0) is 28.2. The summed E-state index contributed by atoms with van der Waals surface area (Å²) < 4.78 is 5.31. The van der Waals surface area contributed by atoms with Gasteiger partial charge in [-0.1, -0.05) is 18.2 Å². The molecule has 2 aliphatic rings. The Labute approximate surface area is 235 Å². The molecule has 8 heteroatoms. The predicted octanol–water partition coefficient (Wildman–Crippen LogP) is 4.61. The van der Waals surface area contributed by atoms with Gasteiger partial charge in [0.1, 0.15) is 11.6 Å². The summed E-state index contributed by atoms with van der Waals surface area (Å²) in [6.45, 7) is 7.13. The van der Waals surface area contributed by atoms with E-state index in [9.17, 15) is 14.4 Å². The highest BCUT2D eigenvalue weighted by atomic mass is 16.5. The first kappa shape index (κ1) is 27.4. The van der Waals surface area contributed by atoms with Crippen LogP contribution in [0, 0.1) is 13.8 Å². The quantitative estimate of drug-likeness (QED) is 0.388. The molecule has 0 N–H and O–H groups in total. The van der Waals surface area contributed by atoms with Gasteiger partial charge in [0.15, 0.2) is 5.78 Å². The van der Waals surface area contributed by atoms with Gasteiger partial charge in [0, 0.05) is 63.0 Å². The number of amides is 2. The number of carbonyl (C=O) groups excluding carboxylic acids is 3. The molecule has 208 valence electrons. The number of anilines is 2. The topological polar surface area (TPSA) is 83.0 Å². The number of carbonyl (C=O) groups is 3. The van der Waals surface area contributed by atoms with E-state index >= 15 is 0 Å². The minimum atomic E-state index is -0.155. The Balaban J connectivity index is 1.35. The lowest BCUT2D eigenvalue weighted by atomic mass is 9.96. The molecule has 0 saturated carbocycles. The van der Waals surface area contributed by atoms with Gasteiger partial charge < -0.3 is 19.4 Å². The molecule has 2 amide bonds. The molecule has 0 atom stereocenters. The molecule has 0 aliphatic carbocycles. The number of aryl methyl sites for hydroxylation is 3. The van der Waals surface area contributed by atoms with E-state index in [1.165, 1.54) is 0 Å². The summed E-state index contributed by atoms with van der Waals surface area (Å²) in [6, 6.07) is 15.0. The smallest absolute Gasteiger partial charge is 0.254 e. The fourth-order valence-electron chi connectivity index (χ4n) is 5.59. The lowest BCUT2D eigenvalue weighted by Crippen LogP contribution is -2.49. The maximum Gasteiger partial charge on any atom is 0.254 e. The Kier molecular flexibility index (Phi) is 8.14. The number of piperazine rings is 1. The number of pyridine rings is 1. The van der Waals surface area contributed by atoms with Crippen LogP contribution in [-0.2, 0) is 11.2 Å². The highest BCUT2D eigenvalue weighted by Gasteiger charge is 2.29. The van der Waals surface area contributed by atoms with Crippen molar-refractivity contribution in [2.45, 2.75) is 39.5 Å². The largest absolute Gasteiger partial charge is 0.497 e. The van der Waals surface area contributed by atoms with Gasteiger partial charge in [-0.15, -0.1) is 0 Å². The Bertz CT molecular complexity index is 1430. The maximum atomic E-state index is 13.8. The van der Waals surface area contributed by atoms with Gasteiger partial charge in [0.25, 0.3) is 5.91 Å². The number of ketones is 1. The number of hydrogen-bond acceptors (Lipinski definition) is 6. The van der Waals surface area contributed by atoms with Gasteiger partial charge in [-0.25, -0.2) is 4.98 Å². The zero-order valence-electron chi connectivity index (χ0n) is 23.5. The van der Waals surface area contributed by atoms with Gasteiger partial charge in [-0.2, -0.15) is 0 Å². The molecular weight excluding hydrogens is 504 g/mol. The monoisotopic (exact) mass is 540 g/mol. The van der Waals surface area contributed by atoms with Crippen LogP contribution in [-0.4, -0.2) is 67.3 Å². The molecule has 2 aromatic carbocycles. The fourth-order valence-corrected chi connectivity index (χ4v) is 5.59. The Morgan fingerprint density at radius 3 is 2.45 bits per heavy atom. The van der Waals surface area contributed by atoms with Crippen LogP contribution in [0.5, 0.6) is 5.75 Å². The minimum Gasteiger partial charge on any atom is -0.497 e. The van der Waals surface area contributed by atoms with E-state index in [1.54, 1.807) is 30.2 Å². The second kappa shape index (κ2) is 11.9. The molecule has 8 nitrogen and oxygen atoms in total. The summed E-state index contributed by atoms with van der Waals surface area (Å²) in [5.41, 5.74) is 4.68. The molecule has 3 heterocycles. The van der Waals surface area contributed by atoms with Gasteiger partial charge in [-0.3, -0.25) is 14.4 Å². The lowest BCUT2D eigenvalue weighted by molar-refractivity contribution is -0.117. The molecule has 2 saturated heterocycles. The summed E-state index contributed by atoms with van der Waals surface area (Å²) in [5, 5.41) is 0. The number of rotatable bonds is 8. The lowest BCUT2D eigenvalue weighted by Gasteiger charge is -2.36. The predicted molar refractivity (Wildman–Crippen MR) is 156 cm³/mol. The number of benzene rings is 2. The second-order valence-electron chi connectivity index (χ2n) is 10.6. The summed E-state index contributed by atoms with van der Waals surface area (Å²) >= 11 is 0. The normalized spacial score (nSPS) is 15.5. The second-order valence-corrected chi connectivity index (χ2v) is 10.6. The van der Waals surface area contributed by atoms with Crippen LogP contribution in [0.1, 0.15) is 56.7 Å². The van der Waals surface area contributed by atoms with Crippen molar-refractivity contribution in [1.29, 1.82) is 0 Å². The number of methoxy groups -OCH3 is 1. The van der Waals surface area contributed by atoms with Crippen LogP contribution in [0.3, 0.4) is 0 Å². The SMILES string of the molecule is COc1cccc(CCC(=O)c2cc(N3CCCC3=O)ccc2C(=O)N2CCN(c3ncc(C)cc3C)CC2)c1. The first-order chi connectivity index (χ1) is 19.3. The molecule has 0 spiro atoms. The van der Waals surface area contributed by atoms with Crippen LogP contribution >= 0.6 is 0 Å². The molecule has 0 bridgehead atoms. The third kappa shape index (κ3) is 5.86. The fraction of sp³-hybridized carbons (Fsp3) is 0.375. The van der Waals surface area contributed by atoms with Gasteiger partial charge in [-0.05, 0) is 73.7 Å². The third-order valence-corrected chi connectivity index (χ3v) is 7.75. The van der Waals surface area contributed by atoms with E-state index < -0.39 is 0 Å². The average Bonchev–Trinajstić information content (AvgIpc) is 3.41. The van der Waals surface area contributed by atoms with Gasteiger partial charge in [0.05, 0.1) is 12.7 Å². The van der Waals surface area contributed by atoms with Gasteiger partial charge in [0.2, 0.25) is 5.91 Å². The Morgan fingerprint density at radius 2 is 1.75 bits per heavy atom. The van der Waals surface area contributed by atoms with Gasteiger partial charge >= 0.3 is 0 Å². The van der Waals surface area contributed by atoms with Crippen LogP contribution in [0.2, 0.25) is 0 Å². The highest BCUT2D eigenvalue weighted by Crippen LogP contribution is 2.27. The van der Waals surface area contributed by atoms with E-state index in [0.717, 1.165) is 34.7 Å². The number of aromatic nitrogens is 1. The molecule has 5 rings (SSSR count). The standard InChI is InChI=1S/C32H36N4O4/c1-22-18-23(2)31(33-21-22)34-14-16-35(17-15-34)32(39)27-11-10-25(36-13-5-8-30(36)38)20-28(27)29(37)12-9-24-6-4-7-26(19-24)40-3/h4,6-7,10-11,18-21H,5,8-9,12-17H2,1-3H3. The van der Waals surface area contributed by atoms with Crippen molar-refractivity contribution in [2.24, 2.45) is 0 Å². The number of nitrogens with zero attached hydrogens (tertiary/aromatic N) is 4. The number of Topliss-reactive ketones (excluding diaryl/α,β-unsaturated/α-hetero) is 1. The molecule has 0 radical (unpaired) electrons. The summed E-state index contributed by atoms with van der Waals surface area (Å²) in [6.07, 6.45) is 3.93. The van der Waals surface area contributed by atoms with Crippen molar-refractivity contribution in [1.82, 2.24) is 9.88 Å². The molecular formula is C32H36N4O4. The summed E-state index contributed by atoms with van der Waals surface area (Å²) in [7, 11) is 1.62. The first-order valence-electron chi connectivity index (χ1n) is 13.9. The summed E-state index contributed by atoms with van der Waals surface area (Å²) in [5.74, 6) is 1.47. The van der Waals surface area contributed by atoms with Crippen molar-refractivity contribution in [2.75, 3.05) is 49.6 Å². The van der Waals surface area contributed by atoms with E-state index in [-0.39, 0.29) is 24.0 Å². The highest BCUT2D eigenvalue weighted by molar-refractivity contribution is 6.09. The molecule has 0 unspecified atom stereocenters. The first-order valence-corrected chi connectivity index (χ1v) is 13.9. The Morgan fingerprint density at radius 1 is 0.950 bits per heavy atom. The minimum absolute atomic E-state index is 0.0463. The molecule has 3 aromatic rings. The van der Waals surface area contributed by atoms with Crippen LogP contribution in [0.25, 0.3) is 0 Å². The molecule has 1 aromatic heterocycles. The van der Waals surface area contributed by atoms with E-state index in [1.807, 2.05) is 42.3 Å². The van der Waals surface area contributed by atoms with E-state index in [0.29, 0.717) is 62.4 Å². The third-order valence-electron chi connectivity index (χ3n) is 7.75. The summed E-state index contributed by atoms with van der Waals surface area (Å²) in [4.78, 5) is 50.2. The van der Waals surface area contributed by atoms with Crippen molar-refractivity contribution in [3.63, 3.8) is 0 Å². The van der Waals surface area contributed by atoms with E-state index in [2.05, 4.69) is 22.9 Å². The van der Waals surface area contributed by atoms with Crippen molar-refractivity contribution in [3.8, 4) is 5.75 Å². The van der Waals surface area contributed by atoms with Crippen molar-refractivity contribution < 1.29 is 19.1 Å². The molecule has 2 aliphatic heterocycles.